The van der Waals surface area contributed by atoms with Crippen molar-refractivity contribution in [1.82, 2.24) is 4.57 Å². The van der Waals surface area contributed by atoms with E-state index in [0.717, 1.165) is 13.7 Å². The number of hydrogen-bond donors (Lipinski definition) is 1. The van der Waals surface area contributed by atoms with E-state index in [-0.39, 0.29) is 5.91 Å². The fourth-order valence-electron chi connectivity index (χ4n) is 1.52. The van der Waals surface area contributed by atoms with Gasteiger partial charge in [-0.05, 0) is 62.8 Å². The standard InChI is InChI=1S/C12H9BrClIN2O/c1-17-6-7(14)4-11(17)12(18)16-8-2-3-9(13)10(15)5-8/h2-6H,1H3,(H,16,18). The van der Waals surface area contributed by atoms with Gasteiger partial charge in [0.25, 0.3) is 5.91 Å². The van der Waals surface area contributed by atoms with Gasteiger partial charge in [-0.2, -0.15) is 0 Å². The molecule has 18 heavy (non-hydrogen) atoms. The predicted molar refractivity (Wildman–Crippen MR) is 85.2 cm³/mol. The minimum Gasteiger partial charge on any atom is -0.345 e. The summed E-state index contributed by atoms with van der Waals surface area (Å²) in [6.45, 7) is 0. The molecule has 0 fully saturated rings. The third kappa shape index (κ3) is 3.07. The number of amides is 1. The lowest BCUT2D eigenvalue weighted by Crippen LogP contribution is -2.15. The molecule has 0 saturated carbocycles. The Morgan fingerprint density at radius 3 is 2.72 bits per heavy atom. The van der Waals surface area contributed by atoms with E-state index in [1.165, 1.54) is 0 Å². The van der Waals surface area contributed by atoms with Crippen molar-refractivity contribution in [2.24, 2.45) is 7.05 Å². The molecule has 1 heterocycles. The summed E-state index contributed by atoms with van der Waals surface area (Å²) in [4.78, 5) is 12.0. The third-order valence-electron chi connectivity index (χ3n) is 2.38. The molecule has 1 N–H and O–H groups in total. The van der Waals surface area contributed by atoms with E-state index in [9.17, 15) is 4.79 Å². The lowest BCUT2D eigenvalue weighted by molar-refractivity contribution is 0.101. The van der Waals surface area contributed by atoms with Crippen LogP contribution in [-0.2, 0) is 7.05 Å². The first-order chi connectivity index (χ1) is 8.47. The summed E-state index contributed by atoms with van der Waals surface area (Å²) >= 11 is 11.5. The summed E-state index contributed by atoms with van der Waals surface area (Å²) in [5.41, 5.74) is 1.28. The second-order valence-electron chi connectivity index (χ2n) is 3.74. The second kappa shape index (κ2) is 5.63. The molecule has 1 amide bonds. The summed E-state index contributed by atoms with van der Waals surface area (Å²) in [5.74, 6) is -0.178. The fraction of sp³-hybridized carbons (Fsp3) is 0.0833. The molecular weight excluding hydrogens is 430 g/mol. The number of nitrogens with one attached hydrogen (secondary N) is 1. The first kappa shape index (κ1) is 13.9. The molecule has 0 bridgehead atoms. The Hall–Kier alpha value is -0.530. The minimum atomic E-state index is -0.178. The van der Waals surface area contributed by atoms with Crippen LogP contribution in [0.3, 0.4) is 0 Å². The molecule has 0 unspecified atom stereocenters. The fourth-order valence-corrected chi connectivity index (χ4v) is 2.53. The largest absolute Gasteiger partial charge is 0.345 e. The van der Waals surface area contributed by atoms with E-state index in [2.05, 4.69) is 43.8 Å². The number of carbonyl (C=O) groups excluding carboxylic acids is 1. The maximum Gasteiger partial charge on any atom is 0.272 e. The van der Waals surface area contributed by atoms with Gasteiger partial charge in [0.1, 0.15) is 5.69 Å². The number of anilines is 1. The quantitative estimate of drug-likeness (QED) is 0.696. The molecule has 2 rings (SSSR count). The number of halogens is 3. The van der Waals surface area contributed by atoms with Crippen molar-refractivity contribution in [3.63, 3.8) is 0 Å². The van der Waals surface area contributed by atoms with Gasteiger partial charge in [-0.25, -0.2) is 0 Å². The van der Waals surface area contributed by atoms with Crippen molar-refractivity contribution in [3.8, 4) is 0 Å². The van der Waals surface area contributed by atoms with E-state index in [1.807, 2.05) is 18.2 Å². The second-order valence-corrected chi connectivity index (χ2v) is 6.19. The lowest BCUT2D eigenvalue weighted by Gasteiger charge is -2.07. The molecule has 2 aromatic rings. The van der Waals surface area contributed by atoms with Crippen LogP contribution in [0.4, 0.5) is 5.69 Å². The van der Waals surface area contributed by atoms with Crippen molar-refractivity contribution in [1.29, 1.82) is 0 Å². The highest BCUT2D eigenvalue weighted by atomic mass is 127. The lowest BCUT2D eigenvalue weighted by atomic mass is 10.3. The SMILES string of the molecule is Cn1cc(Cl)cc1C(=O)Nc1ccc(Br)c(I)c1. The van der Waals surface area contributed by atoms with Gasteiger partial charge in [-0.1, -0.05) is 11.6 Å². The van der Waals surface area contributed by atoms with Gasteiger partial charge < -0.3 is 9.88 Å². The Kier molecular flexibility index (Phi) is 4.34. The summed E-state index contributed by atoms with van der Waals surface area (Å²) < 4.78 is 3.74. The minimum absolute atomic E-state index is 0.178. The molecule has 94 valence electrons. The van der Waals surface area contributed by atoms with Gasteiger partial charge in [0, 0.05) is 27.0 Å². The first-order valence-electron chi connectivity index (χ1n) is 5.05. The van der Waals surface area contributed by atoms with Gasteiger partial charge >= 0.3 is 0 Å². The highest BCUT2D eigenvalue weighted by Crippen LogP contribution is 2.23. The van der Waals surface area contributed by atoms with Crippen LogP contribution in [0, 0.1) is 3.57 Å². The summed E-state index contributed by atoms with van der Waals surface area (Å²) in [6, 6.07) is 7.28. The predicted octanol–water partition coefficient (Wildman–Crippen LogP) is 4.30. The van der Waals surface area contributed by atoms with Crippen LogP contribution in [0.25, 0.3) is 0 Å². The van der Waals surface area contributed by atoms with Crippen LogP contribution in [-0.4, -0.2) is 10.5 Å². The van der Waals surface area contributed by atoms with Crippen molar-refractivity contribution in [2.45, 2.75) is 0 Å². The normalized spacial score (nSPS) is 10.4. The third-order valence-corrected chi connectivity index (χ3v) is 4.91. The first-order valence-corrected chi connectivity index (χ1v) is 7.30. The molecular formula is C12H9BrClIN2O. The van der Waals surface area contributed by atoms with E-state index < -0.39 is 0 Å². The van der Waals surface area contributed by atoms with Gasteiger partial charge in [-0.15, -0.1) is 0 Å². The number of nitrogens with zero attached hydrogens (tertiary/aromatic N) is 1. The summed E-state index contributed by atoms with van der Waals surface area (Å²) in [5, 5.41) is 3.39. The molecule has 6 heteroatoms. The molecule has 3 nitrogen and oxygen atoms in total. The Balaban J connectivity index is 2.21. The van der Waals surface area contributed by atoms with E-state index in [1.54, 1.807) is 23.9 Å². The maximum atomic E-state index is 12.0. The molecule has 0 aliphatic carbocycles. The highest BCUT2D eigenvalue weighted by molar-refractivity contribution is 14.1. The highest BCUT2D eigenvalue weighted by Gasteiger charge is 2.11. The molecule has 0 aliphatic heterocycles. The molecule has 0 radical (unpaired) electrons. The molecule has 1 aromatic carbocycles. The van der Waals surface area contributed by atoms with E-state index in [4.69, 9.17) is 11.6 Å². The average molecular weight is 439 g/mol. The molecule has 0 spiro atoms. The van der Waals surface area contributed by atoms with Gasteiger partial charge in [0.15, 0.2) is 0 Å². The summed E-state index contributed by atoms with van der Waals surface area (Å²) in [7, 11) is 1.78. The van der Waals surface area contributed by atoms with Crippen molar-refractivity contribution < 1.29 is 4.79 Å². The smallest absolute Gasteiger partial charge is 0.272 e. The van der Waals surface area contributed by atoms with Gasteiger partial charge in [0.2, 0.25) is 0 Å². The molecule has 1 aromatic heterocycles. The van der Waals surface area contributed by atoms with Crippen LogP contribution in [0.1, 0.15) is 10.5 Å². The maximum absolute atomic E-state index is 12.0. The zero-order chi connectivity index (χ0) is 13.3. The van der Waals surface area contributed by atoms with Crippen molar-refractivity contribution in [3.05, 3.63) is 49.2 Å². The van der Waals surface area contributed by atoms with E-state index >= 15 is 0 Å². The average Bonchev–Trinajstić information content (AvgIpc) is 2.63. The zero-order valence-corrected chi connectivity index (χ0v) is 13.9. The monoisotopic (exact) mass is 438 g/mol. The van der Waals surface area contributed by atoms with Crippen LogP contribution >= 0.6 is 50.1 Å². The topological polar surface area (TPSA) is 34.0 Å². The molecule has 0 aliphatic rings. The number of aromatic nitrogens is 1. The van der Waals surface area contributed by atoms with Gasteiger partial charge in [0.05, 0.1) is 5.02 Å². The van der Waals surface area contributed by atoms with Crippen LogP contribution in [0.15, 0.2) is 34.9 Å². The van der Waals surface area contributed by atoms with Crippen molar-refractivity contribution >= 4 is 61.7 Å². The van der Waals surface area contributed by atoms with Gasteiger partial charge in [-0.3, -0.25) is 4.79 Å². The van der Waals surface area contributed by atoms with E-state index in [0.29, 0.717) is 10.7 Å². The Labute approximate surface area is 132 Å². The number of hydrogen-bond acceptors (Lipinski definition) is 1. The van der Waals surface area contributed by atoms with Crippen LogP contribution in [0.2, 0.25) is 5.02 Å². The van der Waals surface area contributed by atoms with Crippen molar-refractivity contribution in [2.75, 3.05) is 5.32 Å². The number of rotatable bonds is 2. The Morgan fingerprint density at radius 2 is 2.17 bits per heavy atom. The van der Waals surface area contributed by atoms with Crippen LogP contribution < -0.4 is 5.32 Å². The Bertz CT molecular complexity index is 612. The molecule has 0 saturated heterocycles. The number of benzene rings is 1. The number of carbonyl (C=O) groups is 1. The summed E-state index contributed by atoms with van der Waals surface area (Å²) in [6.07, 6.45) is 1.70. The number of aryl methyl sites for hydroxylation is 1. The molecule has 0 atom stereocenters. The Morgan fingerprint density at radius 1 is 1.44 bits per heavy atom. The van der Waals surface area contributed by atoms with Crippen LogP contribution in [0.5, 0.6) is 0 Å². The zero-order valence-electron chi connectivity index (χ0n) is 9.38.